The van der Waals surface area contributed by atoms with E-state index in [1.807, 2.05) is 6.07 Å². The first kappa shape index (κ1) is 17.4. The van der Waals surface area contributed by atoms with E-state index >= 15 is 0 Å². The predicted molar refractivity (Wildman–Crippen MR) is 102 cm³/mol. The van der Waals surface area contributed by atoms with Crippen molar-refractivity contribution in [3.63, 3.8) is 0 Å². The number of aryl methyl sites for hydroxylation is 2. The van der Waals surface area contributed by atoms with Gasteiger partial charge in [-0.3, -0.25) is 0 Å². The van der Waals surface area contributed by atoms with Gasteiger partial charge in [0.15, 0.2) is 0 Å². The molecule has 0 aromatic heterocycles. The topological polar surface area (TPSA) is 12.0 Å². The number of benzene rings is 3. The molecule has 0 heterocycles. The Kier molecular flexibility index (Phi) is 6.52. The Morgan fingerprint density at radius 2 is 1.00 bits per heavy atom. The maximum Gasteiger partial charge on any atom is 0.0420 e. The van der Waals surface area contributed by atoms with Crippen molar-refractivity contribution < 1.29 is 0 Å². The van der Waals surface area contributed by atoms with Gasteiger partial charge in [-0.25, -0.2) is 0 Å². The molecule has 3 rings (SSSR count). The van der Waals surface area contributed by atoms with Crippen LogP contribution in [-0.4, -0.2) is 0 Å². The van der Waals surface area contributed by atoms with Crippen LogP contribution >= 0.6 is 23.2 Å². The molecule has 0 fully saturated rings. The first-order valence-corrected chi connectivity index (χ1v) is 8.10. The summed E-state index contributed by atoms with van der Waals surface area (Å²) in [6.07, 6.45) is 0. The van der Waals surface area contributed by atoms with Crippen LogP contribution in [0.3, 0.4) is 0 Å². The molecule has 23 heavy (non-hydrogen) atoms. The second-order valence-electron chi connectivity index (χ2n) is 5.30. The van der Waals surface area contributed by atoms with Crippen molar-refractivity contribution in [1.29, 1.82) is 0 Å². The highest BCUT2D eigenvalue weighted by molar-refractivity contribution is 6.34. The third-order valence-corrected chi connectivity index (χ3v) is 3.65. The van der Waals surface area contributed by atoms with Crippen LogP contribution in [-0.2, 0) is 0 Å². The molecule has 0 aliphatic rings. The van der Waals surface area contributed by atoms with Gasteiger partial charge in [0, 0.05) is 21.4 Å². The molecule has 0 saturated heterocycles. The highest BCUT2D eigenvalue weighted by Crippen LogP contribution is 2.17. The molecule has 1 N–H and O–H groups in total. The van der Waals surface area contributed by atoms with Gasteiger partial charge in [-0.1, -0.05) is 64.7 Å². The maximum absolute atomic E-state index is 5.56. The highest BCUT2D eigenvalue weighted by atomic mass is 35.5. The summed E-state index contributed by atoms with van der Waals surface area (Å²) in [7, 11) is 0. The van der Waals surface area contributed by atoms with E-state index in [2.05, 4.69) is 67.7 Å². The molecule has 118 valence electrons. The van der Waals surface area contributed by atoms with Gasteiger partial charge in [-0.15, -0.1) is 0 Å². The van der Waals surface area contributed by atoms with Crippen LogP contribution in [0.1, 0.15) is 11.1 Å². The summed E-state index contributed by atoms with van der Waals surface area (Å²) in [6.45, 7) is 4.19. The fraction of sp³-hybridized carbons (Fsp3) is 0.100. The number of hydrogen-bond acceptors (Lipinski definition) is 1. The molecule has 0 saturated carbocycles. The summed E-state index contributed by atoms with van der Waals surface area (Å²) in [5.41, 5.74) is 4.82. The number of nitrogens with one attached hydrogen (secondary N) is 1. The van der Waals surface area contributed by atoms with Crippen LogP contribution in [0, 0.1) is 13.8 Å². The Hall–Kier alpha value is -1.96. The minimum Gasteiger partial charge on any atom is -0.356 e. The SMILES string of the molecule is Cc1ccc(Nc2ccc(C)cc2)cc1.Clc1cccc(Cl)c1. The van der Waals surface area contributed by atoms with Gasteiger partial charge >= 0.3 is 0 Å². The number of rotatable bonds is 2. The zero-order valence-corrected chi connectivity index (χ0v) is 14.7. The summed E-state index contributed by atoms with van der Waals surface area (Å²) < 4.78 is 0. The van der Waals surface area contributed by atoms with Gasteiger partial charge in [-0.05, 0) is 56.3 Å². The van der Waals surface area contributed by atoms with E-state index in [1.165, 1.54) is 11.1 Å². The standard InChI is InChI=1S/C14H15N.C6H4Cl2/c1-11-3-7-13(8-4-11)15-14-9-5-12(2)6-10-14;7-5-2-1-3-6(8)4-5/h3-10,15H,1-2H3;1-4H. The molecule has 0 radical (unpaired) electrons. The smallest absolute Gasteiger partial charge is 0.0420 e. The van der Waals surface area contributed by atoms with Gasteiger partial charge in [-0.2, -0.15) is 0 Å². The minimum absolute atomic E-state index is 0.678. The summed E-state index contributed by atoms with van der Waals surface area (Å²) in [6, 6.07) is 23.9. The van der Waals surface area contributed by atoms with Crippen LogP contribution in [0.25, 0.3) is 0 Å². The van der Waals surface area contributed by atoms with E-state index in [1.54, 1.807) is 18.2 Å². The molecule has 0 amide bonds. The molecule has 0 bridgehead atoms. The van der Waals surface area contributed by atoms with E-state index in [9.17, 15) is 0 Å². The van der Waals surface area contributed by atoms with Crippen LogP contribution in [0.15, 0.2) is 72.8 Å². The van der Waals surface area contributed by atoms with Gasteiger partial charge in [0.1, 0.15) is 0 Å². The predicted octanol–water partition coefficient (Wildman–Crippen LogP) is 7.04. The van der Waals surface area contributed by atoms with Crippen molar-refractivity contribution >= 4 is 34.6 Å². The van der Waals surface area contributed by atoms with Gasteiger partial charge in [0.2, 0.25) is 0 Å². The normalized spacial score (nSPS) is 9.74. The van der Waals surface area contributed by atoms with Crippen molar-refractivity contribution in [2.24, 2.45) is 0 Å². The van der Waals surface area contributed by atoms with Gasteiger partial charge in [0.25, 0.3) is 0 Å². The molecule has 3 aromatic carbocycles. The van der Waals surface area contributed by atoms with Crippen molar-refractivity contribution in [2.45, 2.75) is 13.8 Å². The first-order chi connectivity index (χ1) is 11.0. The van der Waals surface area contributed by atoms with Crippen LogP contribution in [0.2, 0.25) is 10.0 Å². The lowest BCUT2D eigenvalue weighted by atomic mass is 10.2. The first-order valence-electron chi connectivity index (χ1n) is 7.34. The Bertz CT molecular complexity index is 674. The average molecular weight is 344 g/mol. The lowest BCUT2D eigenvalue weighted by Crippen LogP contribution is -1.89. The maximum atomic E-state index is 5.56. The summed E-state index contributed by atoms with van der Waals surface area (Å²) in [5.74, 6) is 0. The van der Waals surface area contributed by atoms with E-state index in [-0.39, 0.29) is 0 Å². The van der Waals surface area contributed by atoms with Crippen LogP contribution in [0.5, 0.6) is 0 Å². The molecule has 0 atom stereocenters. The van der Waals surface area contributed by atoms with E-state index in [4.69, 9.17) is 23.2 Å². The highest BCUT2D eigenvalue weighted by Gasteiger charge is 1.93. The minimum atomic E-state index is 0.678. The van der Waals surface area contributed by atoms with Crippen LogP contribution in [0.4, 0.5) is 11.4 Å². The van der Waals surface area contributed by atoms with Gasteiger partial charge < -0.3 is 5.32 Å². The third-order valence-electron chi connectivity index (χ3n) is 3.18. The van der Waals surface area contributed by atoms with E-state index in [0.717, 1.165) is 11.4 Å². The number of anilines is 2. The summed E-state index contributed by atoms with van der Waals surface area (Å²) in [4.78, 5) is 0. The lowest BCUT2D eigenvalue weighted by Gasteiger charge is -2.06. The Morgan fingerprint density at radius 1 is 0.609 bits per heavy atom. The van der Waals surface area contributed by atoms with Gasteiger partial charge in [0.05, 0.1) is 0 Å². The lowest BCUT2D eigenvalue weighted by molar-refractivity contribution is 1.43. The zero-order valence-electron chi connectivity index (χ0n) is 13.2. The average Bonchev–Trinajstić information content (AvgIpc) is 2.52. The quantitative estimate of drug-likeness (QED) is 0.526. The second-order valence-corrected chi connectivity index (χ2v) is 6.17. The van der Waals surface area contributed by atoms with Crippen LogP contribution < -0.4 is 5.32 Å². The monoisotopic (exact) mass is 343 g/mol. The molecule has 0 unspecified atom stereocenters. The molecular formula is C20H19Cl2N. The Balaban J connectivity index is 0.000000203. The number of halogens is 2. The molecular weight excluding hydrogens is 325 g/mol. The molecule has 0 spiro atoms. The molecule has 3 heteroatoms. The third kappa shape index (κ3) is 6.35. The molecule has 0 aliphatic heterocycles. The molecule has 0 aliphatic carbocycles. The number of hydrogen-bond donors (Lipinski definition) is 1. The summed E-state index contributed by atoms with van der Waals surface area (Å²) >= 11 is 11.1. The fourth-order valence-corrected chi connectivity index (χ4v) is 2.34. The van der Waals surface area contributed by atoms with Crippen molar-refractivity contribution in [3.05, 3.63) is 94.0 Å². The Labute approximate surface area is 147 Å². The molecule has 1 nitrogen and oxygen atoms in total. The summed E-state index contributed by atoms with van der Waals surface area (Å²) in [5, 5.41) is 4.71. The second kappa shape index (κ2) is 8.61. The van der Waals surface area contributed by atoms with Crippen molar-refractivity contribution in [2.75, 3.05) is 5.32 Å². The molecule has 3 aromatic rings. The van der Waals surface area contributed by atoms with E-state index in [0.29, 0.717) is 10.0 Å². The van der Waals surface area contributed by atoms with Crippen molar-refractivity contribution in [1.82, 2.24) is 0 Å². The van der Waals surface area contributed by atoms with Crippen molar-refractivity contribution in [3.8, 4) is 0 Å². The fourth-order valence-electron chi connectivity index (χ4n) is 1.90. The van der Waals surface area contributed by atoms with E-state index < -0.39 is 0 Å². The largest absolute Gasteiger partial charge is 0.356 e. The zero-order chi connectivity index (χ0) is 16.7. The Morgan fingerprint density at radius 3 is 1.30 bits per heavy atom.